The zero-order valence-corrected chi connectivity index (χ0v) is 16.8. The Kier molecular flexibility index (Phi) is 5.06. The second-order valence-electron chi connectivity index (χ2n) is 6.30. The fraction of sp³-hybridized carbons (Fsp3) is 0.0526. The lowest BCUT2D eigenvalue weighted by atomic mass is 9.95. The number of hydrogen-bond donors (Lipinski definition) is 3. The molecule has 0 unspecified atom stereocenters. The minimum absolute atomic E-state index is 0.0360. The maximum Gasteiger partial charge on any atom is 0.292 e. The van der Waals surface area contributed by atoms with Gasteiger partial charge in [-0.15, -0.1) is 11.3 Å². The molecular formula is C19H14N4O5S2. The number of anilines is 3. The van der Waals surface area contributed by atoms with Crippen LogP contribution in [-0.2, 0) is 24.4 Å². The molecule has 30 heavy (non-hydrogen) atoms. The summed E-state index contributed by atoms with van der Waals surface area (Å²) in [7, 11) is -3.83. The summed E-state index contributed by atoms with van der Waals surface area (Å²) >= 11 is 1.14. The molecule has 0 saturated carbocycles. The number of nitrogens with one attached hydrogen (secondary N) is 3. The summed E-state index contributed by atoms with van der Waals surface area (Å²) < 4.78 is 27.0. The lowest BCUT2D eigenvalue weighted by Crippen LogP contribution is -2.31. The summed E-state index contributed by atoms with van der Waals surface area (Å²) in [6.07, 6.45) is 1.47. The Labute approximate surface area is 175 Å². The summed E-state index contributed by atoms with van der Waals surface area (Å²) in [6.45, 7) is 0. The molecule has 2 aromatic carbocycles. The molecule has 4 rings (SSSR count). The number of para-hydroxylation sites is 1. The van der Waals surface area contributed by atoms with E-state index in [2.05, 4.69) is 20.3 Å². The van der Waals surface area contributed by atoms with Crippen molar-refractivity contribution in [3.05, 3.63) is 65.7 Å². The van der Waals surface area contributed by atoms with Crippen molar-refractivity contribution in [1.82, 2.24) is 4.98 Å². The van der Waals surface area contributed by atoms with Crippen molar-refractivity contribution < 1.29 is 22.8 Å². The van der Waals surface area contributed by atoms with Crippen LogP contribution in [0.25, 0.3) is 0 Å². The Bertz CT molecular complexity index is 1240. The van der Waals surface area contributed by atoms with Gasteiger partial charge in [0, 0.05) is 23.0 Å². The van der Waals surface area contributed by atoms with Crippen molar-refractivity contribution in [3.8, 4) is 0 Å². The fourth-order valence-electron chi connectivity index (χ4n) is 2.96. The first-order valence-corrected chi connectivity index (χ1v) is 11.0. The lowest BCUT2D eigenvalue weighted by molar-refractivity contribution is -0.138. The Morgan fingerprint density at radius 1 is 1.07 bits per heavy atom. The first-order chi connectivity index (χ1) is 14.3. The van der Waals surface area contributed by atoms with Gasteiger partial charge in [0.05, 0.1) is 4.90 Å². The zero-order valence-electron chi connectivity index (χ0n) is 15.2. The van der Waals surface area contributed by atoms with Gasteiger partial charge in [-0.1, -0.05) is 18.2 Å². The Balaban J connectivity index is 1.46. The van der Waals surface area contributed by atoms with Crippen molar-refractivity contribution in [3.63, 3.8) is 0 Å². The van der Waals surface area contributed by atoms with E-state index >= 15 is 0 Å². The number of nitrogens with zero attached hydrogens (tertiary/aromatic N) is 1. The highest BCUT2D eigenvalue weighted by Crippen LogP contribution is 2.33. The molecule has 152 valence electrons. The molecule has 0 radical (unpaired) electrons. The van der Waals surface area contributed by atoms with Crippen molar-refractivity contribution in [1.29, 1.82) is 0 Å². The van der Waals surface area contributed by atoms with Crippen LogP contribution < -0.4 is 15.4 Å². The van der Waals surface area contributed by atoms with Gasteiger partial charge < -0.3 is 10.6 Å². The first-order valence-electron chi connectivity index (χ1n) is 8.62. The third-order valence-electron chi connectivity index (χ3n) is 4.35. The molecule has 1 aliphatic heterocycles. The Morgan fingerprint density at radius 3 is 2.50 bits per heavy atom. The number of carbonyl (C=O) groups is 3. The third kappa shape index (κ3) is 3.80. The number of carbonyl (C=O) groups excluding carboxylic acids is 3. The summed E-state index contributed by atoms with van der Waals surface area (Å²) in [5.41, 5.74) is 1.15. The molecule has 0 fully saturated rings. The average Bonchev–Trinajstić information content (AvgIpc) is 3.34. The van der Waals surface area contributed by atoms with Crippen LogP contribution in [0, 0.1) is 0 Å². The molecule has 0 bridgehead atoms. The van der Waals surface area contributed by atoms with E-state index in [1.807, 2.05) is 0 Å². The molecule has 9 nitrogen and oxygen atoms in total. The van der Waals surface area contributed by atoms with Crippen LogP contribution in [0.15, 0.2) is 65.0 Å². The van der Waals surface area contributed by atoms with Crippen LogP contribution in [0.1, 0.15) is 11.5 Å². The number of fused-ring (bicyclic) bond motifs is 1. The number of Topliss-reactive ketones (excluding diaryl/α,β-unsaturated/α-hetero) is 1. The molecule has 0 aliphatic carbocycles. The Morgan fingerprint density at radius 2 is 1.80 bits per heavy atom. The molecule has 1 aliphatic rings. The first kappa shape index (κ1) is 19.7. The van der Waals surface area contributed by atoms with Crippen LogP contribution >= 0.6 is 11.3 Å². The van der Waals surface area contributed by atoms with Gasteiger partial charge in [-0.05, 0) is 35.9 Å². The van der Waals surface area contributed by atoms with E-state index in [-0.39, 0.29) is 15.7 Å². The monoisotopic (exact) mass is 442 g/mol. The van der Waals surface area contributed by atoms with Crippen LogP contribution in [0.2, 0.25) is 0 Å². The molecule has 1 aromatic heterocycles. The highest BCUT2D eigenvalue weighted by molar-refractivity contribution is 7.93. The van der Waals surface area contributed by atoms with E-state index in [4.69, 9.17) is 0 Å². The highest BCUT2D eigenvalue weighted by atomic mass is 32.2. The molecule has 1 atom stereocenters. The highest BCUT2D eigenvalue weighted by Gasteiger charge is 2.39. The summed E-state index contributed by atoms with van der Waals surface area (Å²) in [5, 5.41) is 6.84. The maximum atomic E-state index is 12.5. The van der Waals surface area contributed by atoms with Crippen molar-refractivity contribution >= 4 is 55.5 Å². The SMILES string of the molecule is O=C(Nc1ccc(S(=O)(=O)Nc2nccs2)cc1)C(=O)[C@@H]1C(=O)Nc2ccccc21. The van der Waals surface area contributed by atoms with Gasteiger partial charge in [0.2, 0.25) is 11.7 Å². The quantitative estimate of drug-likeness (QED) is 0.396. The van der Waals surface area contributed by atoms with Gasteiger partial charge in [-0.25, -0.2) is 13.4 Å². The summed E-state index contributed by atoms with van der Waals surface area (Å²) in [4.78, 5) is 40.9. The second-order valence-corrected chi connectivity index (χ2v) is 8.87. The zero-order chi connectivity index (χ0) is 21.3. The van der Waals surface area contributed by atoms with E-state index in [9.17, 15) is 22.8 Å². The molecule has 2 heterocycles. The van der Waals surface area contributed by atoms with E-state index in [0.29, 0.717) is 11.3 Å². The smallest absolute Gasteiger partial charge is 0.292 e. The van der Waals surface area contributed by atoms with Crippen molar-refractivity contribution in [2.24, 2.45) is 0 Å². The number of sulfonamides is 1. The summed E-state index contributed by atoms with van der Waals surface area (Å²) in [5.74, 6) is -3.66. The van der Waals surface area contributed by atoms with E-state index in [0.717, 1.165) is 11.3 Å². The second kappa shape index (κ2) is 7.69. The van der Waals surface area contributed by atoms with Gasteiger partial charge in [0.25, 0.3) is 15.9 Å². The fourth-order valence-corrected chi connectivity index (χ4v) is 4.75. The molecule has 0 spiro atoms. The van der Waals surface area contributed by atoms with E-state index in [1.165, 1.54) is 30.5 Å². The van der Waals surface area contributed by atoms with Gasteiger partial charge in [0.15, 0.2) is 5.13 Å². The topological polar surface area (TPSA) is 134 Å². The summed E-state index contributed by atoms with van der Waals surface area (Å²) in [6, 6.07) is 11.9. The number of thiazole rings is 1. The minimum atomic E-state index is -3.83. The van der Waals surface area contributed by atoms with Crippen LogP contribution in [0.3, 0.4) is 0 Å². The van der Waals surface area contributed by atoms with Crippen molar-refractivity contribution in [2.45, 2.75) is 10.8 Å². The van der Waals surface area contributed by atoms with Gasteiger partial charge in [-0.2, -0.15) is 0 Å². The molecule has 3 aromatic rings. The molecule has 2 amide bonds. The number of benzene rings is 2. The van der Waals surface area contributed by atoms with Crippen LogP contribution in [0.5, 0.6) is 0 Å². The predicted molar refractivity (Wildman–Crippen MR) is 111 cm³/mol. The Hall–Kier alpha value is -3.57. The normalized spacial score (nSPS) is 15.2. The third-order valence-corrected chi connectivity index (χ3v) is 6.53. The van der Waals surface area contributed by atoms with Crippen molar-refractivity contribution in [2.75, 3.05) is 15.4 Å². The molecule has 0 saturated heterocycles. The lowest BCUT2D eigenvalue weighted by Gasteiger charge is -2.10. The number of aromatic nitrogens is 1. The maximum absolute atomic E-state index is 12.5. The van der Waals surface area contributed by atoms with Gasteiger partial charge in [0.1, 0.15) is 5.92 Å². The van der Waals surface area contributed by atoms with E-state index in [1.54, 1.807) is 29.6 Å². The molecular weight excluding hydrogens is 428 g/mol. The number of amides is 2. The minimum Gasteiger partial charge on any atom is -0.325 e. The number of hydrogen-bond acceptors (Lipinski definition) is 7. The number of ketones is 1. The average molecular weight is 442 g/mol. The van der Waals surface area contributed by atoms with Crippen LogP contribution in [-0.4, -0.2) is 31.0 Å². The largest absolute Gasteiger partial charge is 0.325 e. The van der Waals surface area contributed by atoms with Crippen LogP contribution in [0.4, 0.5) is 16.5 Å². The van der Waals surface area contributed by atoms with E-state index < -0.39 is 33.5 Å². The van der Waals surface area contributed by atoms with Gasteiger partial charge in [-0.3, -0.25) is 19.1 Å². The number of rotatable bonds is 6. The van der Waals surface area contributed by atoms with Gasteiger partial charge >= 0.3 is 0 Å². The molecule has 11 heteroatoms. The predicted octanol–water partition coefficient (Wildman–Crippen LogP) is 2.19. The molecule has 3 N–H and O–H groups in total. The standard InChI is InChI=1S/C19H14N4O5S2/c24-16(15-13-3-1-2-4-14(13)22-17(15)25)18(26)21-11-5-7-12(8-6-11)30(27,28)23-19-20-9-10-29-19/h1-10,15H,(H,20,23)(H,21,26)(H,22,25)/t15-/m1/s1.